The highest BCUT2D eigenvalue weighted by Crippen LogP contribution is 2.18. The Bertz CT molecular complexity index is 509. The predicted molar refractivity (Wildman–Crippen MR) is 95.4 cm³/mol. The molecule has 140 valence electrons. The Hall–Kier alpha value is -0.660. The number of hydrogen-bond donors (Lipinski definition) is 2. The summed E-state index contributed by atoms with van der Waals surface area (Å²) in [6.45, 7) is 6.24. The van der Waals surface area contributed by atoms with Crippen LogP contribution in [0.2, 0.25) is 0 Å². The molecule has 3 atom stereocenters. The lowest BCUT2D eigenvalue weighted by molar-refractivity contribution is -0.930. The molecule has 2 aliphatic heterocycles. The summed E-state index contributed by atoms with van der Waals surface area (Å²) < 4.78 is 24.7. The molecule has 2 heterocycles. The van der Waals surface area contributed by atoms with Crippen LogP contribution >= 0.6 is 0 Å². The number of carbonyl (C=O) groups excluding carboxylic acids is 1. The first-order chi connectivity index (χ1) is 11.4. The van der Waals surface area contributed by atoms with Crippen LogP contribution in [0.1, 0.15) is 51.9 Å². The van der Waals surface area contributed by atoms with Crippen LogP contribution in [-0.2, 0) is 14.8 Å². The summed E-state index contributed by atoms with van der Waals surface area (Å²) in [5.41, 5.74) is 0. The topological polar surface area (TPSA) is 70.9 Å². The van der Waals surface area contributed by atoms with E-state index in [1.54, 1.807) is 4.90 Å². The third-order valence-corrected chi connectivity index (χ3v) is 6.84. The lowest BCUT2D eigenvalue weighted by atomic mass is 9.98. The first-order valence-electron chi connectivity index (χ1n) is 9.49. The van der Waals surface area contributed by atoms with Gasteiger partial charge in [0.25, 0.3) is 0 Å². The highest BCUT2D eigenvalue weighted by molar-refractivity contribution is 7.88. The van der Waals surface area contributed by atoms with E-state index in [1.165, 1.54) is 42.8 Å². The molecule has 1 amide bonds. The number of carbonyl (C=O) groups is 1. The fraction of sp³-hybridized carbons (Fsp3) is 0.941. The Morgan fingerprint density at radius 2 is 2.04 bits per heavy atom. The second kappa shape index (κ2) is 9.15. The lowest BCUT2D eigenvalue weighted by Crippen LogP contribution is -3.16. The van der Waals surface area contributed by atoms with E-state index in [0.717, 1.165) is 31.8 Å². The third-order valence-electron chi connectivity index (χ3n) is 5.57. The molecule has 0 radical (unpaired) electrons. The molecule has 0 aliphatic carbocycles. The average Bonchev–Trinajstić information content (AvgIpc) is 2.58. The van der Waals surface area contributed by atoms with E-state index in [1.807, 2.05) is 0 Å². The van der Waals surface area contributed by atoms with Gasteiger partial charge in [0.1, 0.15) is 0 Å². The summed E-state index contributed by atoms with van der Waals surface area (Å²) in [5.74, 6) is -0.178. The number of amides is 1. The summed E-state index contributed by atoms with van der Waals surface area (Å²) in [5, 5.41) is 3.02. The van der Waals surface area contributed by atoms with Crippen LogP contribution in [0.25, 0.3) is 0 Å². The van der Waals surface area contributed by atoms with Crippen molar-refractivity contribution in [1.82, 2.24) is 9.62 Å². The number of likely N-dealkylation sites (tertiary alicyclic amines) is 1. The van der Waals surface area contributed by atoms with Crippen LogP contribution in [-0.4, -0.2) is 63.7 Å². The monoisotopic (exact) mass is 360 g/mol. The normalized spacial score (nSPS) is 29.3. The second-order valence-corrected chi connectivity index (χ2v) is 9.35. The van der Waals surface area contributed by atoms with Crippen LogP contribution in [0.5, 0.6) is 0 Å². The Morgan fingerprint density at radius 3 is 2.75 bits per heavy atom. The van der Waals surface area contributed by atoms with Crippen molar-refractivity contribution in [1.29, 1.82) is 0 Å². The van der Waals surface area contributed by atoms with Gasteiger partial charge in [0.05, 0.1) is 31.3 Å². The molecule has 0 aromatic rings. The van der Waals surface area contributed by atoms with E-state index < -0.39 is 10.0 Å². The molecule has 0 aromatic carbocycles. The van der Waals surface area contributed by atoms with Gasteiger partial charge in [-0.25, -0.2) is 12.7 Å². The summed E-state index contributed by atoms with van der Waals surface area (Å²) in [6.07, 6.45) is 9.03. The number of rotatable bonds is 7. The molecule has 24 heavy (non-hydrogen) atoms. The Morgan fingerprint density at radius 1 is 1.25 bits per heavy atom. The maximum Gasteiger partial charge on any atom is 0.224 e. The van der Waals surface area contributed by atoms with Crippen LogP contribution in [0.4, 0.5) is 0 Å². The highest BCUT2D eigenvalue weighted by atomic mass is 32.2. The van der Waals surface area contributed by atoms with Gasteiger partial charge in [-0.3, -0.25) is 4.79 Å². The molecule has 0 saturated carbocycles. The van der Waals surface area contributed by atoms with E-state index >= 15 is 0 Å². The van der Waals surface area contributed by atoms with Gasteiger partial charge < -0.3 is 10.2 Å². The third kappa shape index (κ3) is 5.70. The Kier molecular flexibility index (Phi) is 7.50. The fourth-order valence-corrected chi connectivity index (χ4v) is 5.01. The molecule has 2 rings (SSSR count). The molecule has 6 nitrogen and oxygen atoms in total. The zero-order valence-electron chi connectivity index (χ0n) is 15.2. The van der Waals surface area contributed by atoms with E-state index in [9.17, 15) is 13.2 Å². The number of nitrogens with zero attached hydrogens (tertiary/aromatic N) is 1. The van der Waals surface area contributed by atoms with E-state index in [-0.39, 0.29) is 11.8 Å². The molecule has 7 heteroatoms. The molecule has 2 N–H and O–H groups in total. The van der Waals surface area contributed by atoms with Crippen LogP contribution in [0.15, 0.2) is 0 Å². The minimum atomic E-state index is -3.19. The van der Waals surface area contributed by atoms with Crippen molar-refractivity contribution in [2.75, 3.05) is 39.0 Å². The van der Waals surface area contributed by atoms with Crippen molar-refractivity contribution in [3.63, 3.8) is 0 Å². The molecule has 0 aromatic heterocycles. The number of nitrogens with one attached hydrogen (secondary N) is 2. The zero-order chi connectivity index (χ0) is 17.6. The maximum atomic E-state index is 12.3. The minimum absolute atomic E-state index is 0.0176. The van der Waals surface area contributed by atoms with E-state index in [4.69, 9.17) is 0 Å². The van der Waals surface area contributed by atoms with Gasteiger partial charge in [0.15, 0.2) is 0 Å². The zero-order valence-corrected chi connectivity index (χ0v) is 16.0. The quantitative estimate of drug-likeness (QED) is 0.629. The van der Waals surface area contributed by atoms with Crippen molar-refractivity contribution in [2.45, 2.75) is 57.9 Å². The van der Waals surface area contributed by atoms with Crippen molar-refractivity contribution in [3.05, 3.63) is 0 Å². The minimum Gasteiger partial charge on any atom is -0.356 e. The fourth-order valence-electron chi connectivity index (χ4n) is 4.10. The number of hydrogen-bond acceptors (Lipinski definition) is 3. The van der Waals surface area contributed by atoms with Crippen LogP contribution in [0.3, 0.4) is 0 Å². The first-order valence-corrected chi connectivity index (χ1v) is 11.3. The standard InChI is InChI=1S/C17H33N3O3S/c1-3-16-9-4-5-11-19(16)12-7-10-18-17(21)15-8-6-13-20(14-15)24(2,22)23/h15-16H,3-14H2,1-2H3,(H,18,21)/p+1. The summed E-state index contributed by atoms with van der Waals surface area (Å²) in [4.78, 5) is 14.0. The average molecular weight is 361 g/mol. The van der Waals surface area contributed by atoms with E-state index in [0.29, 0.717) is 19.6 Å². The first kappa shape index (κ1) is 19.7. The Balaban J connectivity index is 1.69. The van der Waals surface area contributed by atoms with Crippen molar-refractivity contribution in [2.24, 2.45) is 5.92 Å². The summed E-state index contributed by atoms with van der Waals surface area (Å²) >= 11 is 0. The molecule has 2 aliphatic rings. The molecule has 0 spiro atoms. The number of sulfonamides is 1. The molecule has 2 saturated heterocycles. The number of piperidine rings is 2. The van der Waals surface area contributed by atoms with Gasteiger partial charge in [-0.2, -0.15) is 0 Å². The molecular weight excluding hydrogens is 326 g/mol. The van der Waals surface area contributed by atoms with Gasteiger partial charge in [-0.15, -0.1) is 0 Å². The SMILES string of the molecule is CCC1CCCC[NH+]1CCCNC(=O)C1CCCN(S(C)(=O)=O)C1. The van der Waals surface area contributed by atoms with Crippen LogP contribution < -0.4 is 10.2 Å². The van der Waals surface area contributed by atoms with Crippen molar-refractivity contribution < 1.29 is 18.1 Å². The molecule has 2 fully saturated rings. The van der Waals surface area contributed by atoms with Crippen molar-refractivity contribution >= 4 is 15.9 Å². The smallest absolute Gasteiger partial charge is 0.224 e. The van der Waals surface area contributed by atoms with Crippen molar-refractivity contribution in [3.8, 4) is 0 Å². The molecule has 0 bridgehead atoms. The van der Waals surface area contributed by atoms with Gasteiger partial charge in [0.2, 0.25) is 15.9 Å². The van der Waals surface area contributed by atoms with Gasteiger partial charge >= 0.3 is 0 Å². The summed E-state index contributed by atoms with van der Waals surface area (Å²) in [7, 11) is -3.19. The summed E-state index contributed by atoms with van der Waals surface area (Å²) in [6, 6.07) is 0.788. The highest BCUT2D eigenvalue weighted by Gasteiger charge is 2.30. The van der Waals surface area contributed by atoms with Gasteiger partial charge in [0, 0.05) is 26.1 Å². The second-order valence-electron chi connectivity index (χ2n) is 7.36. The predicted octanol–water partition coefficient (Wildman–Crippen LogP) is 0.0117. The maximum absolute atomic E-state index is 12.3. The van der Waals surface area contributed by atoms with Gasteiger partial charge in [-0.05, 0) is 38.5 Å². The van der Waals surface area contributed by atoms with E-state index in [2.05, 4.69) is 12.2 Å². The van der Waals surface area contributed by atoms with Crippen LogP contribution in [0, 0.1) is 5.92 Å². The van der Waals surface area contributed by atoms with Gasteiger partial charge in [-0.1, -0.05) is 6.92 Å². The lowest BCUT2D eigenvalue weighted by Gasteiger charge is -2.32. The molecule has 3 unspecified atom stereocenters. The number of quaternary nitrogens is 1. The largest absolute Gasteiger partial charge is 0.356 e. The molecular formula is C17H34N3O3S+. The Labute approximate surface area is 147 Å².